The molecule has 1 rings (SSSR count). The molecule has 3 heteroatoms. The molecule has 0 aromatic carbocycles. The van der Waals surface area contributed by atoms with Crippen molar-refractivity contribution in [1.82, 2.24) is 9.97 Å². The topological polar surface area (TPSA) is 35.0 Å². The largest absolute Gasteiger partial charge is 0.491 e. The van der Waals surface area contributed by atoms with Crippen LogP contribution in [0.2, 0.25) is 0 Å². The molecule has 0 spiro atoms. The van der Waals surface area contributed by atoms with Crippen molar-refractivity contribution in [2.45, 2.75) is 20.3 Å². The molecule has 0 aliphatic rings. The van der Waals surface area contributed by atoms with Gasteiger partial charge in [-0.1, -0.05) is 6.92 Å². The Morgan fingerprint density at radius 3 is 2.36 bits per heavy atom. The average Bonchev–Trinajstić information content (AvgIpc) is 2.07. The highest BCUT2D eigenvalue weighted by Gasteiger charge is 1.93. The molecule has 1 aromatic rings. The van der Waals surface area contributed by atoms with E-state index in [-0.39, 0.29) is 0 Å². The maximum absolute atomic E-state index is 5.18. The number of hydrogen-bond acceptors (Lipinski definition) is 3. The lowest BCUT2D eigenvalue weighted by Gasteiger charge is -2.00. The van der Waals surface area contributed by atoms with Crippen LogP contribution in [0.15, 0.2) is 12.4 Å². The first-order valence-corrected chi connectivity index (χ1v) is 3.80. The van der Waals surface area contributed by atoms with E-state index in [9.17, 15) is 0 Å². The predicted molar refractivity (Wildman–Crippen MR) is 42.6 cm³/mol. The van der Waals surface area contributed by atoms with E-state index in [2.05, 4.69) is 9.97 Å². The van der Waals surface area contributed by atoms with Crippen LogP contribution in [0.4, 0.5) is 0 Å². The van der Waals surface area contributed by atoms with Gasteiger partial charge in [0.25, 0.3) is 0 Å². The molecule has 0 aliphatic carbocycles. The molecule has 0 amide bonds. The van der Waals surface area contributed by atoms with E-state index in [0.29, 0.717) is 6.61 Å². The number of ether oxygens (including phenoxy) is 1. The first-order valence-electron chi connectivity index (χ1n) is 3.80. The van der Waals surface area contributed by atoms with Gasteiger partial charge in [0.2, 0.25) is 0 Å². The normalized spacial score (nSPS) is 9.64. The summed E-state index contributed by atoms with van der Waals surface area (Å²) in [6.07, 6.45) is 4.27. The molecule has 11 heavy (non-hydrogen) atoms. The molecule has 1 heterocycles. The summed E-state index contributed by atoms with van der Waals surface area (Å²) in [6, 6.07) is 0. The number of aromatic nitrogens is 2. The molecule has 1 aromatic heterocycles. The molecule has 0 unspecified atom stereocenters. The Bertz CT molecular complexity index is 208. The van der Waals surface area contributed by atoms with E-state index in [1.807, 2.05) is 13.8 Å². The van der Waals surface area contributed by atoms with Crippen LogP contribution in [-0.4, -0.2) is 16.6 Å². The van der Waals surface area contributed by atoms with Crippen molar-refractivity contribution >= 4 is 0 Å². The van der Waals surface area contributed by atoms with Crippen molar-refractivity contribution in [3.63, 3.8) is 0 Å². The summed E-state index contributed by atoms with van der Waals surface area (Å²) in [6.45, 7) is 4.62. The smallest absolute Gasteiger partial charge is 0.155 e. The second-order valence-corrected chi connectivity index (χ2v) is 2.12. The molecule has 0 saturated heterocycles. The number of rotatable bonds is 3. The molecule has 0 bridgehead atoms. The summed E-state index contributed by atoms with van der Waals surface area (Å²) in [4.78, 5) is 8.16. The second-order valence-electron chi connectivity index (χ2n) is 2.12. The van der Waals surface area contributed by atoms with Crippen molar-refractivity contribution < 1.29 is 4.74 Å². The van der Waals surface area contributed by atoms with Crippen molar-refractivity contribution in [2.75, 3.05) is 6.61 Å². The van der Waals surface area contributed by atoms with Gasteiger partial charge in [-0.15, -0.1) is 0 Å². The first kappa shape index (κ1) is 7.98. The van der Waals surface area contributed by atoms with Crippen molar-refractivity contribution in [3.05, 3.63) is 18.2 Å². The average molecular weight is 152 g/mol. The van der Waals surface area contributed by atoms with Crippen molar-refractivity contribution in [1.29, 1.82) is 0 Å². The highest BCUT2D eigenvalue weighted by Crippen LogP contribution is 2.05. The number of aryl methyl sites for hydroxylation is 1. The molecule has 60 valence electrons. The lowest BCUT2D eigenvalue weighted by atomic mass is 10.4. The first-order chi connectivity index (χ1) is 5.36. The Kier molecular flexibility index (Phi) is 2.83. The van der Waals surface area contributed by atoms with Crippen molar-refractivity contribution in [3.8, 4) is 5.75 Å². The summed E-state index contributed by atoms with van der Waals surface area (Å²) in [5.74, 6) is 1.60. The maximum atomic E-state index is 5.18. The Hall–Kier alpha value is -1.12. The Labute approximate surface area is 66.4 Å². The van der Waals surface area contributed by atoms with Gasteiger partial charge in [-0.3, -0.25) is 0 Å². The van der Waals surface area contributed by atoms with Crippen LogP contribution in [0.1, 0.15) is 19.7 Å². The van der Waals surface area contributed by atoms with E-state index in [1.54, 1.807) is 12.4 Å². The van der Waals surface area contributed by atoms with E-state index < -0.39 is 0 Å². The second kappa shape index (κ2) is 3.91. The van der Waals surface area contributed by atoms with Gasteiger partial charge in [-0.2, -0.15) is 0 Å². The predicted octanol–water partition coefficient (Wildman–Crippen LogP) is 1.44. The fourth-order valence-electron chi connectivity index (χ4n) is 0.767. The van der Waals surface area contributed by atoms with E-state index >= 15 is 0 Å². The summed E-state index contributed by atoms with van der Waals surface area (Å²) in [5.41, 5.74) is 0. The number of hydrogen-bond donors (Lipinski definition) is 0. The standard InChI is InChI=1S/C8H12N2O/c1-3-8-9-5-7(6-10-8)11-4-2/h5-6H,3-4H2,1-2H3. The van der Waals surface area contributed by atoms with E-state index in [4.69, 9.17) is 4.74 Å². The van der Waals surface area contributed by atoms with Crippen LogP contribution in [-0.2, 0) is 6.42 Å². The third kappa shape index (κ3) is 2.18. The van der Waals surface area contributed by atoms with Crippen LogP contribution in [0.3, 0.4) is 0 Å². The van der Waals surface area contributed by atoms with Gasteiger partial charge in [0.05, 0.1) is 19.0 Å². The minimum atomic E-state index is 0.662. The third-order valence-electron chi connectivity index (χ3n) is 1.31. The van der Waals surface area contributed by atoms with Crippen LogP contribution >= 0.6 is 0 Å². The van der Waals surface area contributed by atoms with E-state index in [1.165, 1.54) is 0 Å². The lowest BCUT2D eigenvalue weighted by molar-refractivity contribution is 0.337. The molecule has 0 radical (unpaired) electrons. The van der Waals surface area contributed by atoms with Gasteiger partial charge in [0.1, 0.15) is 5.82 Å². The van der Waals surface area contributed by atoms with E-state index in [0.717, 1.165) is 18.0 Å². The Morgan fingerprint density at radius 1 is 1.27 bits per heavy atom. The van der Waals surface area contributed by atoms with Crippen LogP contribution in [0, 0.1) is 0 Å². The maximum Gasteiger partial charge on any atom is 0.155 e. The summed E-state index contributed by atoms with van der Waals surface area (Å²) >= 11 is 0. The summed E-state index contributed by atoms with van der Waals surface area (Å²) in [7, 11) is 0. The van der Waals surface area contributed by atoms with Gasteiger partial charge in [0, 0.05) is 6.42 Å². The van der Waals surface area contributed by atoms with Gasteiger partial charge >= 0.3 is 0 Å². The molecule has 0 saturated carbocycles. The van der Waals surface area contributed by atoms with Gasteiger partial charge in [0.15, 0.2) is 5.75 Å². The summed E-state index contributed by atoms with van der Waals surface area (Å²) < 4.78 is 5.18. The monoisotopic (exact) mass is 152 g/mol. The van der Waals surface area contributed by atoms with Gasteiger partial charge in [-0.05, 0) is 6.92 Å². The zero-order valence-electron chi connectivity index (χ0n) is 6.87. The van der Waals surface area contributed by atoms with Crippen LogP contribution in [0.25, 0.3) is 0 Å². The molecular formula is C8H12N2O. The van der Waals surface area contributed by atoms with Crippen molar-refractivity contribution in [2.24, 2.45) is 0 Å². The minimum Gasteiger partial charge on any atom is -0.491 e. The lowest BCUT2D eigenvalue weighted by Crippen LogP contribution is -1.96. The molecule has 0 N–H and O–H groups in total. The Morgan fingerprint density at radius 2 is 1.91 bits per heavy atom. The summed E-state index contributed by atoms with van der Waals surface area (Å²) in [5, 5.41) is 0. The van der Waals surface area contributed by atoms with Gasteiger partial charge in [-0.25, -0.2) is 9.97 Å². The minimum absolute atomic E-state index is 0.662. The third-order valence-corrected chi connectivity index (χ3v) is 1.31. The zero-order chi connectivity index (χ0) is 8.10. The fraction of sp³-hybridized carbons (Fsp3) is 0.500. The highest BCUT2D eigenvalue weighted by atomic mass is 16.5. The Balaban J connectivity index is 2.66. The molecular weight excluding hydrogens is 140 g/mol. The highest BCUT2D eigenvalue weighted by molar-refractivity contribution is 5.11. The van der Waals surface area contributed by atoms with Crippen LogP contribution < -0.4 is 4.74 Å². The zero-order valence-corrected chi connectivity index (χ0v) is 6.87. The molecule has 0 fully saturated rings. The van der Waals surface area contributed by atoms with Crippen LogP contribution in [0.5, 0.6) is 5.75 Å². The molecule has 0 atom stereocenters. The fourth-order valence-corrected chi connectivity index (χ4v) is 0.767. The quantitative estimate of drug-likeness (QED) is 0.657. The SMILES string of the molecule is CCOc1cnc(CC)nc1. The van der Waals surface area contributed by atoms with Gasteiger partial charge < -0.3 is 4.74 Å². The number of nitrogens with zero attached hydrogens (tertiary/aromatic N) is 2. The molecule has 0 aliphatic heterocycles. The molecule has 3 nitrogen and oxygen atoms in total.